The molecule has 4 heteroatoms. The van der Waals surface area contributed by atoms with E-state index in [0.29, 0.717) is 5.92 Å². The maximum Gasteiger partial charge on any atom is 0.311 e. The van der Waals surface area contributed by atoms with Crippen molar-refractivity contribution in [2.45, 2.75) is 52.9 Å². The smallest absolute Gasteiger partial charge is 0.311 e. The van der Waals surface area contributed by atoms with Crippen LogP contribution in [0.5, 0.6) is 0 Å². The minimum Gasteiger partial charge on any atom is -0.462 e. The molecule has 0 heterocycles. The average molecular weight is 282 g/mol. The first-order chi connectivity index (χ1) is 9.44. The van der Waals surface area contributed by atoms with Crippen molar-refractivity contribution in [3.05, 3.63) is 0 Å². The van der Waals surface area contributed by atoms with Gasteiger partial charge in [-0.25, -0.2) is 0 Å². The van der Waals surface area contributed by atoms with E-state index in [9.17, 15) is 9.59 Å². The fourth-order valence-corrected chi connectivity index (χ4v) is 3.26. The fraction of sp³-hybridized carbons (Fsp3) is 0.875. The summed E-state index contributed by atoms with van der Waals surface area (Å²) in [6.45, 7) is 6.01. The minimum atomic E-state index is -0.464. The van der Waals surface area contributed by atoms with Gasteiger partial charge in [-0.15, -0.1) is 0 Å². The predicted octanol–water partition coefficient (Wildman–Crippen LogP) is 2.95. The van der Waals surface area contributed by atoms with Crippen LogP contribution in [-0.4, -0.2) is 25.2 Å². The van der Waals surface area contributed by atoms with Crippen molar-refractivity contribution in [3.8, 4) is 0 Å². The summed E-state index contributed by atoms with van der Waals surface area (Å²) < 4.78 is 10.4. The van der Waals surface area contributed by atoms with Crippen molar-refractivity contribution >= 4 is 11.9 Å². The molecule has 0 saturated heterocycles. The molecule has 0 amide bonds. The van der Waals surface area contributed by atoms with Gasteiger partial charge in [-0.05, 0) is 51.4 Å². The molecule has 2 rings (SSSR count). The van der Waals surface area contributed by atoms with Crippen LogP contribution >= 0.6 is 0 Å². The first-order valence-corrected chi connectivity index (χ1v) is 7.78. The van der Waals surface area contributed by atoms with Crippen LogP contribution < -0.4 is 0 Å². The van der Waals surface area contributed by atoms with Gasteiger partial charge in [0.1, 0.15) is 13.2 Å². The summed E-state index contributed by atoms with van der Waals surface area (Å²) in [6, 6.07) is 0. The zero-order chi connectivity index (χ0) is 14.8. The summed E-state index contributed by atoms with van der Waals surface area (Å²) in [4.78, 5) is 23.7. The quantitative estimate of drug-likeness (QED) is 0.555. The van der Waals surface area contributed by atoms with Gasteiger partial charge in [-0.2, -0.15) is 0 Å². The fourth-order valence-electron chi connectivity index (χ4n) is 3.26. The van der Waals surface area contributed by atoms with E-state index < -0.39 is 5.41 Å². The lowest BCUT2D eigenvalue weighted by Crippen LogP contribution is -2.28. The number of carbonyl (C=O) groups is 2. The molecule has 0 aromatic carbocycles. The second-order valence-electron chi connectivity index (χ2n) is 6.82. The van der Waals surface area contributed by atoms with E-state index in [4.69, 9.17) is 9.47 Å². The van der Waals surface area contributed by atoms with Crippen molar-refractivity contribution in [1.82, 2.24) is 0 Å². The number of esters is 2. The third kappa shape index (κ3) is 3.33. The van der Waals surface area contributed by atoms with Crippen molar-refractivity contribution in [1.29, 1.82) is 0 Å². The number of carbonyl (C=O) groups excluding carboxylic acids is 2. The number of fused-ring (bicyclic) bond motifs is 2. The van der Waals surface area contributed by atoms with Crippen LogP contribution in [-0.2, 0) is 19.1 Å². The Labute approximate surface area is 121 Å². The molecule has 2 aliphatic rings. The van der Waals surface area contributed by atoms with Crippen LogP contribution in [0.3, 0.4) is 0 Å². The van der Waals surface area contributed by atoms with Crippen molar-refractivity contribution in [2.75, 3.05) is 13.2 Å². The van der Waals surface area contributed by atoms with Crippen LogP contribution in [0.25, 0.3) is 0 Å². The van der Waals surface area contributed by atoms with Crippen molar-refractivity contribution in [3.63, 3.8) is 0 Å². The van der Waals surface area contributed by atoms with E-state index >= 15 is 0 Å². The van der Waals surface area contributed by atoms with Crippen LogP contribution in [0.15, 0.2) is 0 Å². The number of hydrogen-bond donors (Lipinski definition) is 0. The molecule has 0 aromatic heterocycles. The van der Waals surface area contributed by atoms with E-state index in [0.717, 1.165) is 18.8 Å². The molecule has 0 N–H and O–H groups in total. The lowest BCUT2D eigenvalue weighted by Gasteiger charge is -2.21. The molecule has 2 saturated carbocycles. The normalized spacial score (nSPS) is 28.4. The molecule has 3 unspecified atom stereocenters. The molecule has 4 nitrogen and oxygen atoms in total. The first kappa shape index (κ1) is 15.3. The van der Waals surface area contributed by atoms with E-state index in [1.807, 2.05) is 20.8 Å². The molecule has 0 radical (unpaired) electrons. The summed E-state index contributed by atoms with van der Waals surface area (Å²) in [5.41, 5.74) is -0.464. The van der Waals surface area contributed by atoms with Crippen LogP contribution in [0.2, 0.25) is 0 Å². The Balaban J connectivity index is 1.64. The second kappa shape index (κ2) is 6.15. The SMILES string of the molecule is CCC(C)(C)C(=O)OCCOC(=O)C1CC2CCC1C2. The maximum absolute atomic E-state index is 12.0. The molecule has 2 aliphatic carbocycles. The van der Waals surface area contributed by atoms with E-state index in [1.165, 1.54) is 19.3 Å². The molecule has 0 aliphatic heterocycles. The van der Waals surface area contributed by atoms with Crippen LogP contribution in [0, 0.1) is 23.2 Å². The summed E-state index contributed by atoms with van der Waals surface area (Å²) >= 11 is 0. The van der Waals surface area contributed by atoms with Gasteiger partial charge in [0.05, 0.1) is 11.3 Å². The van der Waals surface area contributed by atoms with E-state index in [-0.39, 0.29) is 31.1 Å². The van der Waals surface area contributed by atoms with Gasteiger partial charge < -0.3 is 9.47 Å². The highest BCUT2D eigenvalue weighted by atomic mass is 16.6. The van der Waals surface area contributed by atoms with Crippen molar-refractivity contribution < 1.29 is 19.1 Å². The molecule has 0 aromatic rings. The Hall–Kier alpha value is -1.06. The van der Waals surface area contributed by atoms with Gasteiger partial charge in [0.2, 0.25) is 0 Å². The summed E-state index contributed by atoms with van der Waals surface area (Å²) in [6.07, 6.45) is 5.37. The second-order valence-corrected chi connectivity index (χ2v) is 6.82. The third-order valence-electron chi connectivity index (χ3n) is 5.04. The highest BCUT2D eigenvalue weighted by Crippen LogP contribution is 2.48. The first-order valence-electron chi connectivity index (χ1n) is 7.78. The molecule has 2 fully saturated rings. The molecule has 2 bridgehead atoms. The lowest BCUT2D eigenvalue weighted by atomic mass is 9.89. The largest absolute Gasteiger partial charge is 0.462 e. The van der Waals surface area contributed by atoms with Crippen LogP contribution in [0.1, 0.15) is 52.9 Å². The van der Waals surface area contributed by atoms with Gasteiger partial charge in [0.25, 0.3) is 0 Å². The van der Waals surface area contributed by atoms with E-state index in [1.54, 1.807) is 0 Å². The summed E-state index contributed by atoms with van der Waals surface area (Å²) in [5, 5.41) is 0. The zero-order valence-corrected chi connectivity index (χ0v) is 12.8. The van der Waals surface area contributed by atoms with E-state index in [2.05, 4.69) is 0 Å². The number of hydrogen-bond acceptors (Lipinski definition) is 4. The van der Waals surface area contributed by atoms with Gasteiger partial charge >= 0.3 is 11.9 Å². The van der Waals surface area contributed by atoms with Crippen molar-refractivity contribution in [2.24, 2.45) is 23.2 Å². The standard InChI is InChI=1S/C16H26O4/c1-4-16(2,3)15(18)20-8-7-19-14(17)13-10-11-5-6-12(13)9-11/h11-13H,4-10H2,1-3H3. The Morgan fingerprint density at radius 1 is 1.10 bits per heavy atom. The molecular formula is C16H26O4. The third-order valence-corrected chi connectivity index (χ3v) is 5.04. The molecule has 114 valence electrons. The Morgan fingerprint density at radius 3 is 2.35 bits per heavy atom. The Morgan fingerprint density at radius 2 is 1.80 bits per heavy atom. The Kier molecular flexibility index (Phi) is 4.71. The number of rotatable bonds is 6. The monoisotopic (exact) mass is 282 g/mol. The van der Waals surface area contributed by atoms with Gasteiger partial charge in [-0.3, -0.25) is 9.59 Å². The summed E-state index contributed by atoms with van der Waals surface area (Å²) in [7, 11) is 0. The Bertz CT molecular complexity index is 375. The number of ether oxygens (including phenoxy) is 2. The maximum atomic E-state index is 12.0. The summed E-state index contributed by atoms with van der Waals surface area (Å²) in [5.74, 6) is 1.05. The van der Waals surface area contributed by atoms with Gasteiger partial charge in [0, 0.05) is 0 Å². The van der Waals surface area contributed by atoms with Gasteiger partial charge in [-0.1, -0.05) is 13.3 Å². The highest BCUT2D eigenvalue weighted by Gasteiger charge is 2.43. The van der Waals surface area contributed by atoms with Gasteiger partial charge in [0.15, 0.2) is 0 Å². The molecule has 3 atom stereocenters. The molecular weight excluding hydrogens is 256 g/mol. The lowest BCUT2D eigenvalue weighted by molar-refractivity contribution is -0.161. The minimum absolute atomic E-state index is 0.0940. The molecule has 20 heavy (non-hydrogen) atoms. The topological polar surface area (TPSA) is 52.6 Å². The predicted molar refractivity (Wildman–Crippen MR) is 74.9 cm³/mol. The average Bonchev–Trinajstić information content (AvgIpc) is 3.05. The molecule has 0 spiro atoms. The van der Waals surface area contributed by atoms with Crippen LogP contribution in [0.4, 0.5) is 0 Å². The zero-order valence-electron chi connectivity index (χ0n) is 12.8. The highest BCUT2D eigenvalue weighted by molar-refractivity contribution is 5.76.